The molecular weight excluding hydrogens is 435 g/mol. The summed E-state index contributed by atoms with van der Waals surface area (Å²) >= 11 is 0. The van der Waals surface area contributed by atoms with Crippen molar-refractivity contribution in [3.8, 4) is 0 Å². The molecule has 0 spiro atoms. The van der Waals surface area contributed by atoms with E-state index in [4.69, 9.17) is 4.42 Å². The average Bonchev–Trinajstić information content (AvgIpc) is 3.40. The van der Waals surface area contributed by atoms with E-state index in [0.717, 1.165) is 11.9 Å². The number of nitrogens with zero attached hydrogens (tertiary/aromatic N) is 4. The largest absolute Gasteiger partial charge is 0.472 e. The van der Waals surface area contributed by atoms with E-state index in [0.29, 0.717) is 49.6 Å². The molecule has 3 aromatic rings. The third-order valence-electron chi connectivity index (χ3n) is 5.82. The smallest absolute Gasteiger partial charge is 0.416 e. The minimum absolute atomic E-state index is 0.0682. The van der Waals surface area contributed by atoms with Crippen molar-refractivity contribution < 1.29 is 22.4 Å². The predicted molar refractivity (Wildman–Crippen MR) is 114 cm³/mol. The number of alkyl halides is 3. The first kappa shape index (κ1) is 23.0. The highest BCUT2D eigenvalue weighted by Gasteiger charge is 2.31. The van der Waals surface area contributed by atoms with E-state index in [1.807, 2.05) is 18.4 Å². The molecule has 2 aromatic heterocycles. The van der Waals surface area contributed by atoms with E-state index in [9.17, 15) is 18.0 Å². The van der Waals surface area contributed by atoms with Gasteiger partial charge in [-0.2, -0.15) is 13.2 Å². The zero-order valence-corrected chi connectivity index (χ0v) is 18.5. The number of carbonyl (C=O) groups is 1. The standard InChI is InChI=1S/C23H26F3N5O2/c1-15(2)20(27-22(32)17-7-11-33-14-17)21-29-28-19-6-8-30(9-10-31(19)21)13-16-4-3-5-18(12-16)23(24,25)26/h3-5,7,11-12,14-15,20H,6,8-10,13H2,1-2H3,(H,27,32)/t20-/m0/s1. The van der Waals surface area contributed by atoms with Crippen LogP contribution in [-0.2, 0) is 25.7 Å². The molecule has 1 amide bonds. The molecule has 1 N–H and O–H groups in total. The summed E-state index contributed by atoms with van der Waals surface area (Å²) < 4.78 is 46.2. The lowest BCUT2D eigenvalue weighted by Gasteiger charge is -2.23. The molecule has 0 saturated carbocycles. The highest BCUT2D eigenvalue weighted by Crippen LogP contribution is 2.30. The monoisotopic (exact) mass is 461 g/mol. The topological polar surface area (TPSA) is 76.2 Å². The number of hydrogen-bond donors (Lipinski definition) is 1. The second-order valence-corrected chi connectivity index (χ2v) is 8.56. The number of fused-ring (bicyclic) bond motifs is 1. The average molecular weight is 461 g/mol. The summed E-state index contributed by atoms with van der Waals surface area (Å²) in [5.74, 6) is 1.30. The Kier molecular flexibility index (Phi) is 6.55. The second kappa shape index (κ2) is 9.38. The van der Waals surface area contributed by atoms with Gasteiger partial charge in [-0.05, 0) is 23.6 Å². The minimum atomic E-state index is -4.36. The fourth-order valence-electron chi connectivity index (χ4n) is 4.03. The zero-order chi connectivity index (χ0) is 23.6. The van der Waals surface area contributed by atoms with Gasteiger partial charge in [0.05, 0.1) is 23.4 Å². The summed E-state index contributed by atoms with van der Waals surface area (Å²) in [6.07, 6.45) is -0.902. The van der Waals surface area contributed by atoms with E-state index in [2.05, 4.69) is 20.4 Å². The van der Waals surface area contributed by atoms with Crippen LogP contribution in [0.3, 0.4) is 0 Å². The van der Waals surface area contributed by atoms with Gasteiger partial charge in [-0.15, -0.1) is 10.2 Å². The first-order valence-electron chi connectivity index (χ1n) is 10.9. The molecule has 1 aromatic carbocycles. The Labute approximate surface area is 189 Å². The number of carbonyl (C=O) groups excluding carboxylic acids is 1. The Morgan fingerprint density at radius 1 is 1.18 bits per heavy atom. The Hall–Kier alpha value is -3.14. The molecule has 10 heteroatoms. The number of halogens is 3. The SMILES string of the molecule is CC(C)[C@H](NC(=O)c1ccoc1)c1nnc2n1CCN(Cc1cccc(C(F)(F)F)c1)CC2. The van der Waals surface area contributed by atoms with Crippen molar-refractivity contribution in [3.05, 3.63) is 71.2 Å². The Bertz CT molecular complexity index is 1090. The second-order valence-electron chi connectivity index (χ2n) is 8.56. The quantitative estimate of drug-likeness (QED) is 0.599. The summed E-state index contributed by atoms with van der Waals surface area (Å²) in [5.41, 5.74) is 0.418. The minimum Gasteiger partial charge on any atom is -0.472 e. The van der Waals surface area contributed by atoms with Crippen molar-refractivity contribution in [2.75, 3.05) is 13.1 Å². The lowest BCUT2D eigenvalue weighted by Crippen LogP contribution is -2.34. The highest BCUT2D eigenvalue weighted by atomic mass is 19.4. The number of furan rings is 1. The molecule has 3 heterocycles. The number of rotatable bonds is 6. The maximum atomic E-state index is 13.0. The lowest BCUT2D eigenvalue weighted by molar-refractivity contribution is -0.137. The Balaban J connectivity index is 1.47. The van der Waals surface area contributed by atoms with Crippen molar-refractivity contribution in [2.24, 2.45) is 5.92 Å². The summed E-state index contributed by atoms with van der Waals surface area (Å²) in [6.45, 7) is 6.29. The van der Waals surface area contributed by atoms with Crippen LogP contribution < -0.4 is 5.32 Å². The highest BCUT2D eigenvalue weighted by molar-refractivity contribution is 5.94. The van der Waals surface area contributed by atoms with Crippen LogP contribution in [0, 0.1) is 5.92 Å². The summed E-state index contributed by atoms with van der Waals surface area (Å²) in [5, 5.41) is 11.7. The van der Waals surface area contributed by atoms with Gasteiger partial charge in [0.1, 0.15) is 12.1 Å². The molecule has 1 aliphatic rings. The van der Waals surface area contributed by atoms with Gasteiger partial charge in [0.2, 0.25) is 0 Å². The maximum Gasteiger partial charge on any atom is 0.416 e. The molecule has 0 fully saturated rings. The van der Waals surface area contributed by atoms with Crippen LogP contribution in [0.15, 0.2) is 47.3 Å². The molecule has 7 nitrogen and oxygen atoms in total. The number of amides is 1. The van der Waals surface area contributed by atoms with Gasteiger partial charge < -0.3 is 14.3 Å². The van der Waals surface area contributed by atoms with E-state index in [-0.39, 0.29) is 17.9 Å². The van der Waals surface area contributed by atoms with E-state index in [1.165, 1.54) is 24.7 Å². The van der Waals surface area contributed by atoms with Gasteiger partial charge in [-0.3, -0.25) is 9.69 Å². The van der Waals surface area contributed by atoms with Crippen molar-refractivity contribution >= 4 is 5.91 Å². The molecule has 33 heavy (non-hydrogen) atoms. The molecule has 4 rings (SSSR count). The first-order valence-corrected chi connectivity index (χ1v) is 10.9. The van der Waals surface area contributed by atoms with Crippen molar-refractivity contribution in [1.82, 2.24) is 25.0 Å². The number of nitrogens with one attached hydrogen (secondary N) is 1. The molecule has 0 radical (unpaired) electrons. The van der Waals surface area contributed by atoms with Crippen LogP contribution in [0.1, 0.15) is 53.0 Å². The van der Waals surface area contributed by atoms with Gasteiger partial charge in [0, 0.05) is 32.6 Å². The fraction of sp³-hybridized carbons (Fsp3) is 0.435. The molecular formula is C23H26F3N5O2. The Morgan fingerprint density at radius 2 is 2.00 bits per heavy atom. The number of aromatic nitrogens is 3. The Morgan fingerprint density at radius 3 is 2.70 bits per heavy atom. The molecule has 0 aliphatic carbocycles. The molecule has 1 aliphatic heterocycles. The molecule has 0 saturated heterocycles. The van der Waals surface area contributed by atoms with Gasteiger partial charge in [0.15, 0.2) is 5.82 Å². The fourth-order valence-corrected chi connectivity index (χ4v) is 4.03. The lowest BCUT2D eigenvalue weighted by atomic mass is 10.0. The van der Waals surface area contributed by atoms with Crippen LogP contribution >= 0.6 is 0 Å². The third-order valence-corrected chi connectivity index (χ3v) is 5.82. The van der Waals surface area contributed by atoms with Gasteiger partial charge >= 0.3 is 6.18 Å². The first-order chi connectivity index (χ1) is 15.7. The van der Waals surface area contributed by atoms with Gasteiger partial charge in [-0.25, -0.2) is 0 Å². The molecule has 0 bridgehead atoms. The third kappa shape index (κ3) is 5.27. The zero-order valence-electron chi connectivity index (χ0n) is 18.5. The molecule has 0 unspecified atom stereocenters. The van der Waals surface area contributed by atoms with Gasteiger partial charge in [0.25, 0.3) is 5.91 Å². The summed E-state index contributed by atoms with van der Waals surface area (Å²) in [6, 6.07) is 6.71. The van der Waals surface area contributed by atoms with E-state index in [1.54, 1.807) is 12.1 Å². The van der Waals surface area contributed by atoms with E-state index < -0.39 is 11.7 Å². The van der Waals surface area contributed by atoms with E-state index >= 15 is 0 Å². The van der Waals surface area contributed by atoms with Crippen LogP contribution in [0.25, 0.3) is 0 Å². The summed E-state index contributed by atoms with van der Waals surface area (Å²) in [7, 11) is 0. The summed E-state index contributed by atoms with van der Waals surface area (Å²) in [4.78, 5) is 14.7. The number of hydrogen-bond acceptors (Lipinski definition) is 5. The van der Waals surface area contributed by atoms with Crippen LogP contribution in [-0.4, -0.2) is 38.7 Å². The predicted octanol–water partition coefficient (Wildman–Crippen LogP) is 4.08. The van der Waals surface area contributed by atoms with Crippen molar-refractivity contribution in [3.63, 3.8) is 0 Å². The molecule has 1 atom stereocenters. The van der Waals surface area contributed by atoms with Crippen LogP contribution in [0.2, 0.25) is 0 Å². The number of benzene rings is 1. The van der Waals surface area contributed by atoms with Crippen LogP contribution in [0.4, 0.5) is 13.2 Å². The van der Waals surface area contributed by atoms with Gasteiger partial charge in [-0.1, -0.05) is 32.0 Å². The maximum absolute atomic E-state index is 13.0. The van der Waals surface area contributed by atoms with Crippen LogP contribution in [0.5, 0.6) is 0 Å². The van der Waals surface area contributed by atoms with Crippen molar-refractivity contribution in [2.45, 2.75) is 45.6 Å². The van der Waals surface area contributed by atoms with Crippen molar-refractivity contribution in [1.29, 1.82) is 0 Å². The molecule has 176 valence electrons. The normalized spacial score (nSPS) is 15.8.